The molecule has 0 bridgehead atoms. The second kappa shape index (κ2) is 7.98. The molecular weight excluding hydrogens is 410 g/mol. The molecular formula is C21H14ClN3O3S. The third-order valence-corrected chi connectivity index (χ3v) is 5.09. The van der Waals surface area contributed by atoms with Crippen LogP contribution >= 0.6 is 22.9 Å². The first-order valence-electron chi connectivity index (χ1n) is 8.61. The molecule has 0 saturated heterocycles. The van der Waals surface area contributed by atoms with Crippen molar-refractivity contribution in [1.82, 2.24) is 4.98 Å². The van der Waals surface area contributed by atoms with Crippen LogP contribution in [0.1, 0.15) is 18.2 Å². The van der Waals surface area contributed by atoms with Gasteiger partial charge in [0.15, 0.2) is 10.8 Å². The van der Waals surface area contributed by atoms with Crippen molar-refractivity contribution in [2.75, 3.05) is 4.90 Å². The number of nitrogens with zero attached hydrogens (tertiary/aromatic N) is 3. The zero-order valence-electron chi connectivity index (χ0n) is 15.2. The lowest BCUT2D eigenvalue weighted by Gasteiger charge is -2.18. The molecule has 1 aliphatic heterocycles. The number of aliphatic imine (C=N–C) groups is 1. The van der Waals surface area contributed by atoms with E-state index in [1.807, 2.05) is 30.3 Å². The van der Waals surface area contributed by atoms with Crippen molar-refractivity contribution in [1.29, 1.82) is 0 Å². The lowest BCUT2D eigenvalue weighted by atomic mass is 10.2. The fraction of sp³-hybridized carbons (Fsp3) is 0.0476. The average Bonchev–Trinajstić information content (AvgIpc) is 3.30. The van der Waals surface area contributed by atoms with Crippen LogP contribution in [0.2, 0.25) is 5.02 Å². The summed E-state index contributed by atoms with van der Waals surface area (Å²) < 4.78 is 5.25. The van der Waals surface area contributed by atoms with Crippen molar-refractivity contribution in [3.05, 3.63) is 82.0 Å². The van der Waals surface area contributed by atoms with Gasteiger partial charge in [0, 0.05) is 22.9 Å². The molecule has 0 saturated carbocycles. The maximum absolute atomic E-state index is 12.2. The highest BCUT2D eigenvalue weighted by molar-refractivity contribution is 7.14. The first-order chi connectivity index (χ1) is 14.0. The summed E-state index contributed by atoms with van der Waals surface area (Å²) >= 11 is 7.32. The van der Waals surface area contributed by atoms with Crippen molar-refractivity contribution < 1.29 is 14.3 Å². The van der Waals surface area contributed by atoms with Gasteiger partial charge in [-0.05, 0) is 36.4 Å². The van der Waals surface area contributed by atoms with E-state index >= 15 is 0 Å². The van der Waals surface area contributed by atoms with Gasteiger partial charge in [0.1, 0.15) is 0 Å². The van der Waals surface area contributed by atoms with Gasteiger partial charge in [-0.2, -0.15) is 0 Å². The van der Waals surface area contributed by atoms with Gasteiger partial charge in [-0.1, -0.05) is 35.9 Å². The highest BCUT2D eigenvalue weighted by atomic mass is 35.5. The molecule has 0 unspecified atom stereocenters. The standard InChI is InChI=1S/C21H14ClN3O3S/c1-13(26)25(17-9-5-8-15(22)10-17)21-23-16(12-29-21)11-18-20(27)28-19(24-18)14-6-3-2-4-7-14/h2-12H,1H3/b18-11-. The summed E-state index contributed by atoms with van der Waals surface area (Å²) in [7, 11) is 0. The lowest BCUT2D eigenvalue weighted by Crippen LogP contribution is -2.22. The van der Waals surface area contributed by atoms with Crippen LogP contribution in [0.5, 0.6) is 0 Å². The lowest BCUT2D eigenvalue weighted by molar-refractivity contribution is -0.130. The van der Waals surface area contributed by atoms with Gasteiger partial charge < -0.3 is 4.74 Å². The summed E-state index contributed by atoms with van der Waals surface area (Å²) in [5.41, 5.74) is 1.98. The van der Waals surface area contributed by atoms with Crippen LogP contribution in [0, 0.1) is 0 Å². The predicted molar refractivity (Wildman–Crippen MR) is 113 cm³/mol. The number of carbonyl (C=O) groups excluding carboxylic acids is 2. The van der Waals surface area contributed by atoms with E-state index in [-0.39, 0.29) is 17.5 Å². The van der Waals surface area contributed by atoms with Gasteiger partial charge in [0.2, 0.25) is 11.8 Å². The Morgan fingerprint density at radius 3 is 2.69 bits per heavy atom. The van der Waals surface area contributed by atoms with Crippen molar-refractivity contribution >= 4 is 57.6 Å². The number of anilines is 2. The summed E-state index contributed by atoms with van der Waals surface area (Å²) in [6.07, 6.45) is 1.54. The molecule has 0 fully saturated rings. The first kappa shape index (κ1) is 19.0. The van der Waals surface area contributed by atoms with Crippen LogP contribution < -0.4 is 4.90 Å². The fourth-order valence-electron chi connectivity index (χ4n) is 2.74. The maximum Gasteiger partial charge on any atom is 0.363 e. The van der Waals surface area contributed by atoms with Crippen molar-refractivity contribution in [2.24, 2.45) is 4.99 Å². The minimum absolute atomic E-state index is 0.151. The molecule has 6 nitrogen and oxygen atoms in total. The first-order valence-corrected chi connectivity index (χ1v) is 9.87. The van der Waals surface area contributed by atoms with Crippen LogP contribution in [0.15, 0.2) is 70.7 Å². The number of halogens is 1. The van der Waals surface area contributed by atoms with E-state index in [1.165, 1.54) is 29.2 Å². The van der Waals surface area contributed by atoms with E-state index in [0.29, 0.717) is 27.1 Å². The molecule has 1 amide bonds. The number of hydrogen-bond donors (Lipinski definition) is 0. The normalized spacial score (nSPS) is 14.6. The number of amides is 1. The quantitative estimate of drug-likeness (QED) is 0.445. The van der Waals surface area contributed by atoms with E-state index in [1.54, 1.807) is 29.6 Å². The van der Waals surface area contributed by atoms with Crippen LogP contribution in [-0.2, 0) is 14.3 Å². The van der Waals surface area contributed by atoms with Gasteiger partial charge in [-0.3, -0.25) is 9.69 Å². The van der Waals surface area contributed by atoms with Gasteiger partial charge in [-0.25, -0.2) is 14.8 Å². The number of carbonyl (C=O) groups is 2. The minimum atomic E-state index is -0.545. The second-order valence-electron chi connectivity index (χ2n) is 6.09. The fourth-order valence-corrected chi connectivity index (χ4v) is 3.77. The van der Waals surface area contributed by atoms with Crippen molar-refractivity contribution in [2.45, 2.75) is 6.92 Å². The minimum Gasteiger partial charge on any atom is -0.402 e. The van der Waals surface area contributed by atoms with Crippen LogP contribution in [0.25, 0.3) is 6.08 Å². The molecule has 4 rings (SSSR count). The van der Waals surface area contributed by atoms with E-state index in [2.05, 4.69) is 9.98 Å². The Morgan fingerprint density at radius 2 is 1.97 bits per heavy atom. The smallest absolute Gasteiger partial charge is 0.363 e. The Morgan fingerprint density at radius 1 is 1.17 bits per heavy atom. The van der Waals surface area contributed by atoms with Gasteiger partial charge >= 0.3 is 5.97 Å². The Kier molecular flexibility index (Phi) is 5.24. The van der Waals surface area contributed by atoms with Crippen LogP contribution in [0.3, 0.4) is 0 Å². The van der Waals surface area contributed by atoms with E-state index in [0.717, 1.165) is 0 Å². The van der Waals surface area contributed by atoms with E-state index in [9.17, 15) is 9.59 Å². The van der Waals surface area contributed by atoms with Crippen molar-refractivity contribution in [3.8, 4) is 0 Å². The molecule has 29 heavy (non-hydrogen) atoms. The third kappa shape index (κ3) is 4.11. The zero-order valence-corrected chi connectivity index (χ0v) is 16.8. The summed E-state index contributed by atoms with van der Waals surface area (Å²) in [5, 5.41) is 2.72. The van der Waals surface area contributed by atoms with Gasteiger partial charge in [0.05, 0.1) is 11.4 Å². The molecule has 1 aromatic heterocycles. The van der Waals surface area contributed by atoms with Gasteiger partial charge in [-0.15, -0.1) is 11.3 Å². The highest BCUT2D eigenvalue weighted by Crippen LogP contribution is 2.31. The van der Waals surface area contributed by atoms with Gasteiger partial charge in [0.25, 0.3) is 0 Å². The molecule has 0 aliphatic carbocycles. The molecule has 3 aromatic rings. The SMILES string of the molecule is CC(=O)N(c1cccc(Cl)c1)c1nc(/C=C2\N=C(c3ccccc3)OC2=O)cs1. The molecule has 2 aromatic carbocycles. The third-order valence-electron chi connectivity index (χ3n) is 4.01. The van der Waals surface area contributed by atoms with Crippen molar-refractivity contribution in [3.63, 3.8) is 0 Å². The summed E-state index contributed by atoms with van der Waals surface area (Å²) in [6.45, 7) is 1.45. The maximum atomic E-state index is 12.2. The largest absolute Gasteiger partial charge is 0.402 e. The zero-order chi connectivity index (χ0) is 20.4. The number of aromatic nitrogens is 1. The Hall–Kier alpha value is -3.29. The van der Waals surface area contributed by atoms with E-state index in [4.69, 9.17) is 16.3 Å². The topological polar surface area (TPSA) is 71.9 Å². The predicted octanol–water partition coefficient (Wildman–Crippen LogP) is 4.83. The molecule has 144 valence electrons. The number of benzene rings is 2. The summed E-state index contributed by atoms with van der Waals surface area (Å²) in [5.74, 6) is -0.497. The molecule has 8 heteroatoms. The number of rotatable bonds is 4. The summed E-state index contributed by atoms with van der Waals surface area (Å²) in [4.78, 5) is 34.6. The second-order valence-corrected chi connectivity index (χ2v) is 7.36. The Labute approximate surface area is 175 Å². The Bertz CT molecular complexity index is 1150. The number of hydrogen-bond acceptors (Lipinski definition) is 6. The number of ether oxygens (including phenoxy) is 1. The molecule has 0 atom stereocenters. The number of cyclic esters (lactones) is 1. The average molecular weight is 424 g/mol. The Balaban J connectivity index is 1.64. The van der Waals surface area contributed by atoms with Crippen LogP contribution in [0.4, 0.5) is 10.8 Å². The molecule has 2 heterocycles. The molecule has 0 N–H and O–H groups in total. The molecule has 1 aliphatic rings. The van der Waals surface area contributed by atoms with Crippen LogP contribution in [-0.4, -0.2) is 22.8 Å². The highest BCUT2D eigenvalue weighted by Gasteiger charge is 2.25. The molecule has 0 radical (unpaired) electrons. The van der Waals surface area contributed by atoms with E-state index < -0.39 is 5.97 Å². The summed E-state index contributed by atoms with van der Waals surface area (Å²) in [6, 6.07) is 16.1. The monoisotopic (exact) mass is 423 g/mol. The number of thiazole rings is 1. The number of esters is 1. The molecule has 0 spiro atoms.